The summed E-state index contributed by atoms with van der Waals surface area (Å²) in [5.74, 6) is 2.72. The highest BCUT2D eigenvalue weighted by Gasteiger charge is 2.15. The van der Waals surface area contributed by atoms with Gasteiger partial charge in [0.15, 0.2) is 5.96 Å². The maximum absolute atomic E-state index is 12.0. The van der Waals surface area contributed by atoms with E-state index in [1.54, 1.807) is 7.11 Å². The van der Waals surface area contributed by atoms with Gasteiger partial charge >= 0.3 is 0 Å². The Kier molecular flexibility index (Phi) is 10.8. The summed E-state index contributed by atoms with van der Waals surface area (Å²) in [6.07, 6.45) is 5.78. The molecule has 1 fully saturated rings. The minimum absolute atomic E-state index is 0.305. The van der Waals surface area contributed by atoms with Gasteiger partial charge in [0.1, 0.15) is 11.5 Å². The van der Waals surface area contributed by atoms with Crippen molar-refractivity contribution in [1.82, 2.24) is 15.5 Å². The number of nitrogens with one attached hydrogen (secondary N) is 2. The van der Waals surface area contributed by atoms with Gasteiger partial charge in [0, 0.05) is 51.6 Å². The number of rotatable bonds is 11. The summed E-state index contributed by atoms with van der Waals surface area (Å²) in [5, 5.41) is 6.62. The number of amides is 1. The number of hydrogen-bond acceptors (Lipinski definition) is 4. The van der Waals surface area contributed by atoms with Crippen LogP contribution < -0.4 is 20.1 Å². The van der Waals surface area contributed by atoms with Crippen molar-refractivity contribution in [3.63, 3.8) is 0 Å². The van der Waals surface area contributed by atoms with Crippen LogP contribution in [0.5, 0.6) is 11.5 Å². The van der Waals surface area contributed by atoms with Gasteiger partial charge in [-0.25, -0.2) is 0 Å². The minimum Gasteiger partial charge on any atom is -0.497 e. The molecule has 2 N–H and O–H groups in total. The van der Waals surface area contributed by atoms with Crippen molar-refractivity contribution in [2.24, 2.45) is 4.99 Å². The minimum atomic E-state index is 0.305. The first kappa shape index (κ1) is 22.8. The molecule has 0 saturated carbocycles. The van der Waals surface area contributed by atoms with Crippen molar-refractivity contribution in [3.05, 3.63) is 24.3 Å². The Morgan fingerprint density at radius 3 is 2.86 bits per heavy atom. The third-order valence-electron chi connectivity index (χ3n) is 4.80. The highest BCUT2D eigenvalue weighted by atomic mass is 16.5. The van der Waals surface area contributed by atoms with E-state index >= 15 is 0 Å². The van der Waals surface area contributed by atoms with Crippen LogP contribution in [0.3, 0.4) is 0 Å². The second kappa shape index (κ2) is 13.7. The van der Waals surface area contributed by atoms with Gasteiger partial charge in [-0.05, 0) is 38.3 Å². The number of hydrogen-bond donors (Lipinski definition) is 2. The number of nitrogens with zero attached hydrogens (tertiary/aromatic N) is 2. The van der Waals surface area contributed by atoms with E-state index in [-0.39, 0.29) is 0 Å². The molecule has 0 atom stereocenters. The molecule has 1 aromatic carbocycles. The monoisotopic (exact) mass is 404 g/mol. The second-order valence-electron chi connectivity index (χ2n) is 7.11. The molecule has 1 amide bonds. The maximum atomic E-state index is 12.0. The number of guanidine groups is 1. The number of carbonyl (C=O) groups excluding carboxylic acids is 1. The van der Waals surface area contributed by atoms with E-state index in [0.717, 1.165) is 69.3 Å². The fraction of sp³-hybridized carbons (Fsp3) is 0.636. The molecule has 7 heteroatoms. The molecule has 0 aromatic heterocycles. The summed E-state index contributed by atoms with van der Waals surface area (Å²) in [6.45, 7) is 6.68. The zero-order valence-corrected chi connectivity index (χ0v) is 17.9. The number of benzene rings is 1. The molecule has 0 spiro atoms. The molecular weight excluding hydrogens is 368 g/mol. The van der Waals surface area contributed by atoms with Gasteiger partial charge in [-0.1, -0.05) is 12.5 Å². The molecule has 162 valence electrons. The molecule has 2 rings (SSSR count). The SMILES string of the molecule is CCNC(=NCCCOc1cccc(OC)c1)NCCCN1CCCCCC1=O. The van der Waals surface area contributed by atoms with E-state index in [0.29, 0.717) is 25.5 Å². The van der Waals surface area contributed by atoms with Crippen LogP contribution in [0.4, 0.5) is 0 Å². The zero-order valence-electron chi connectivity index (χ0n) is 17.9. The quantitative estimate of drug-likeness (QED) is 0.337. The molecule has 1 aromatic rings. The largest absolute Gasteiger partial charge is 0.497 e. The Hall–Kier alpha value is -2.44. The van der Waals surface area contributed by atoms with E-state index < -0.39 is 0 Å². The zero-order chi connectivity index (χ0) is 20.7. The number of ether oxygens (including phenoxy) is 2. The first-order valence-electron chi connectivity index (χ1n) is 10.8. The highest BCUT2D eigenvalue weighted by molar-refractivity contribution is 5.79. The van der Waals surface area contributed by atoms with Crippen LogP contribution in [0.2, 0.25) is 0 Å². The van der Waals surface area contributed by atoms with Gasteiger partial charge in [-0.15, -0.1) is 0 Å². The first-order chi connectivity index (χ1) is 14.2. The van der Waals surface area contributed by atoms with E-state index in [2.05, 4.69) is 22.5 Å². The molecule has 0 bridgehead atoms. The Morgan fingerprint density at radius 2 is 2.03 bits per heavy atom. The molecule has 1 saturated heterocycles. The van der Waals surface area contributed by atoms with Gasteiger partial charge in [-0.2, -0.15) is 0 Å². The van der Waals surface area contributed by atoms with Crippen LogP contribution in [0.1, 0.15) is 45.4 Å². The van der Waals surface area contributed by atoms with Crippen molar-refractivity contribution in [2.45, 2.75) is 45.4 Å². The third kappa shape index (κ3) is 9.07. The molecule has 7 nitrogen and oxygen atoms in total. The highest BCUT2D eigenvalue weighted by Crippen LogP contribution is 2.18. The number of methoxy groups -OCH3 is 1. The van der Waals surface area contributed by atoms with E-state index in [9.17, 15) is 4.79 Å². The standard InChI is InChI=1S/C22H36N4O3/c1-3-23-22(24-13-8-16-26-15-6-4-5-12-21(26)27)25-14-9-17-29-20-11-7-10-19(18-20)28-2/h7,10-11,18H,3-6,8-9,12-17H2,1-2H3,(H2,23,24,25). The Bertz CT molecular complexity index is 636. The van der Waals surface area contributed by atoms with Crippen LogP contribution in [0.15, 0.2) is 29.3 Å². The van der Waals surface area contributed by atoms with Gasteiger partial charge in [0.25, 0.3) is 0 Å². The summed E-state index contributed by atoms with van der Waals surface area (Å²) >= 11 is 0. The normalized spacial score (nSPS) is 15.0. The lowest BCUT2D eigenvalue weighted by atomic mass is 10.2. The number of aliphatic imine (C=N–C) groups is 1. The Balaban J connectivity index is 1.64. The Morgan fingerprint density at radius 1 is 1.17 bits per heavy atom. The van der Waals surface area contributed by atoms with E-state index in [4.69, 9.17) is 9.47 Å². The van der Waals surface area contributed by atoms with E-state index in [1.165, 1.54) is 6.42 Å². The summed E-state index contributed by atoms with van der Waals surface area (Å²) in [5.41, 5.74) is 0. The van der Waals surface area contributed by atoms with Crippen molar-refractivity contribution in [1.29, 1.82) is 0 Å². The topological polar surface area (TPSA) is 75.2 Å². The lowest BCUT2D eigenvalue weighted by molar-refractivity contribution is -0.130. The summed E-state index contributed by atoms with van der Waals surface area (Å²) in [4.78, 5) is 18.6. The predicted octanol–water partition coefficient (Wildman–Crippen LogP) is 2.81. The van der Waals surface area contributed by atoms with Gasteiger partial charge in [-0.3, -0.25) is 9.79 Å². The summed E-state index contributed by atoms with van der Waals surface area (Å²) in [6, 6.07) is 7.61. The van der Waals surface area contributed by atoms with Crippen LogP contribution in [-0.2, 0) is 4.79 Å². The predicted molar refractivity (Wildman–Crippen MR) is 117 cm³/mol. The molecule has 1 aliphatic rings. The molecular formula is C22H36N4O3. The van der Waals surface area contributed by atoms with Crippen LogP contribution >= 0.6 is 0 Å². The maximum Gasteiger partial charge on any atom is 0.222 e. The molecule has 1 aliphatic heterocycles. The second-order valence-corrected chi connectivity index (χ2v) is 7.11. The van der Waals surface area contributed by atoms with Crippen molar-refractivity contribution < 1.29 is 14.3 Å². The molecule has 0 aliphatic carbocycles. The lowest BCUT2D eigenvalue weighted by Crippen LogP contribution is -2.39. The lowest BCUT2D eigenvalue weighted by Gasteiger charge is -2.20. The first-order valence-corrected chi connectivity index (χ1v) is 10.8. The molecule has 0 unspecified atom stereocenters. The smallest absolute Gasteiger partial charge is 0.222 e. The number of likely N-dealkylation sites (tertiary alicyclic amines) is 1. The summed E-state index contributed by atoms with van der Waals surface area (Å²) < 4.78 is 10.9. The van der Waals surface area contributed by atoms with Gasteiger partial charge in [0.2, 0.25) is 5.91 Å². The molecule has 29 heavy (non-hydrogen) atoms. The van der Waals surface area contributed by atoms with Crippen LogP contribution in [0.25, 0.3) is 0 Å². The fourth-order valence-electron chi connectivity index (χ4n) is 3.23. The summed E-state index contributed by atoms with van der Waals surface area (Å²) in [7, 11) is 1.65. The van der Waals surface area contributed by atoms with Crippen LogP contribution in [0, 0.1) is 0 Å². The van der Waals surface area contributed by atoms with Crippen molar-refractivity contribution in [2.75, 3.05) is 46.4 Å². The van der Waals surface area contributed by atoms with Crippen molar-refractivity contribution >= 4 is 11.9 Å². The molecule has 1 heterocycles. The van der Waals surface area contributed by atoms with Crippen molar-refractivity contribution in [3.8, 4) is 11.5 Å². The third-order valence-corrected chi connectivity index (χ3v) is 4.80. The van der Waals surface area contributed by atoms with E-state index in [1.807, 2.05) is 29.2 Å². The average Bonchev–Trinajstić information content (AvgIpc) is 2.95. The average molecular weight is 405 g/mol. The van der Waals surface area contributed by atoms with Crippen LogP contribution in [-0.4, -0.2) is 63.2 Å². The Labute approximate surface area is 174 Å². The number of carbonyl (C=O) groups is 1. The fourth-order valence-corrected chi connectivity index (χ4v) is 3.23. The van der Waals surface area contributed by atoms with Gasteiger partial charge in [0.05, 0.1) is 13.7 Å². The molecule has 0 radical (unpaired) electrons. The van der Waals surface area contributed by atoms with Gasteiger partial charge < -0.3 is 25.0 Å².